The summed E-state index contributed by atoms with van der Waals surface area (Å²) in [5.41, 5.74) is 2.22. The highest BCUT2D eigenvalue weighted by molar-refractivity contribution is 6.52. The van der Waals surface area contributed by atoms with E-state index < -0.39 is 11.7 Å². The van der Waals surface area contributed by atoms with Crippen molar-refractivity contribution in [2.45, 2.75) is 13.5 Å². The Bertz CT molecular complexity index is 783. The fraction of sp³-hybridized carbons (Fsp3) is 0.214. The number of nitrogens with zero attached hydrogens (tertiary/aromatic N) is 3. The molecule has 1 aromatic carbocycles. The Hall–Kier alpha value is -1.85. The molecule has 0 saturated carbocycles. The molecule has 0 saturated heterocycles. The number of carbonyl (C=O) groups excluding carboxylic acids is 2. The lowest BCUT2D eigenvalue weighted by Crippen LogP contribution is -2.30. The Morgan fingerprint density at radius 3 is 2.57 bits per heavy atom. The van der Waals surface area contributed by atoms with Gasteiger partial charge in [0, 0.05) is 12.1 Å². The molecular weight excluding hydrogens is 313 g/mol. The standard InChI is InChI=1S/C14H11Cl2N3O2/c1-7-12(16)11(18(2)17-7)6-19-10-5-8(15)3-4-9(10)13(20)14(19)21/h3-5H,6H2,1-2H3. The summed E-state index contributed by atoms with van der Waals surface area (Å²) in [6.45, 7) is 1.96. The molecule has 1 aromatic heterocycles. The summed E-state index contributed by atoms with van der Waals surface area (Å²) >= 11 is 12.2. The van der Waals surface area contributed by atoms with Crippen LogP contribution >= 0.6 is 23.2 Å². The summed E-state index contributed by atoms with van der Waals surface area (Å²) in [4.78, 5) is 25.5. The van der Waals surface area contributed by atoms with Gasteiger partial charge in [0.2, 0.25) is 0 Å². The maximum atomic E-state index is 12.2. The molecule has 1 amide bonds. The Morgan fingerprint density at radius 2 is 1.95 bits per heavy atom. The van der Waals surface area contributed by atoms with Gasteiger partial charge in [0.05, 0.1) is 34.2 Å². The Labute approximate surface area is 131 Å². The normalized spacial score (nSPS) is 14.0. The quantitative estimate of drug-likeness (QED) is 0.798. The molecule has 5 nitrogen and oxygen atoms in total. The Morgan fingerprint density at radius 1 is 1.24 bits per heavy atom. The number of ketones is 1. The van der Waals surface area contributed by atoms with Crippen LogP contribution in [0.3, 0.4) is 0 Å². The maximum Gasteiger partial charge on any atom is 0.299 e. The predicted molar refractivity (Wildman–Crippen MR) is 79.9 cm³/mol. The van der Waals surface area contributed by atoms with Crippen molar-refractivity contribution in [2.24, 2.45) is 7.05 Å². The van der Waals surface area contributed by atoms with Gasteiger partial charge >= 0.3 is 0 Å². The van der Waals surface area contributed by atoms with Crippen LogP contribution in [-0.4, -0.2) is 21.5 Å². The van der Waals surface area contributed by atoms with E-state index in [2.05, 4.69) is 5.10 Å². The van der Waals surface area contributed by atoms with E-state index in [0.29, 0.717) is 32.7 Å². The molecule has 0 N–H and O–H groups in total. The largest absolute Gasteiger partial charge is 0.299 e. The summed E-state index contributed by atoms with van der Waals surface area (Å²) in [7, 11) is 1.75. The van der Waals surface area contributed by atoms with Crippen LogP contribution in [0.5, 0.6) is 0 Å². The highest BCUT2D eigenvalue weighted by Gasteiger charge is 2.36. The summed E-state index contributed by atoms with van der Waals surface area (Å²) in [5.74, 6) is -1.11. The molecular formula is C14H11Cl2N3O2. The van der Waals surface area contributed by atoms with Crippen molar-refractivity contribution in [3.8, 4) is 0 Å². The Balaban J connectivity index is 2.06. The van der Waals surface area contributed by atoms with Gasteiger partial charge in [-0.3, -0.25) is 19.2 Å². The zero-order chi connectivity index (χ0) is 15.3. The van der Waals surface area contributed by atoms with E-state index in [9.17, 15) is 9.59 Å². The molecule has 0 bridgehead atoms. The molecule has 2 heterocycles. The third-order valence-electron chi connectivity index (χ3n) is 3.50. The molecule has 108 valence electrons. The first-order chi connectivity index (χ1) is 9.90. The molecule has 0 atom stereocenters. The number of amides is 1. The monoisotopic (exact) mass is 323 g/mol. The zero-order valence-electron chi connectivity index (χ0n) is 11.4. The van der Waals surface area contributed by atoms with Gasteiger partial charge in [-0.05, 0) is 25.1 Å². The van der Waals surface area contributed by atoms with Crippen LogP contribution in [-0.2, 0) is 18.4 Å². The molecule has 0 unspecified atom stereocenters. The van der Waals surface area contributed by atoms with Crippen molar-refractivity contribution in [2.75, 3.05) is 4.90 Å². The minimum atomic E-state index is -0.581. The van der Waals surface area contributed by atoms with Crippen LogP contribution in [0.1, 0.15) is 21.7 Å². The number of halogens is 2. The fourth-order valence-corrected chi connectivity index (χ4v) is 2.81. The lowest BCUT2D eigenvalue weighted by Gasteiger charge is -2.17. The van der Waals surface area contributed by atoms with Crippen LogP contribution in [0.4, 0.5) is 5.69 Å². The van der Waals surface area contributed by atoms with Crippen LogP contribution in [0.15, 0.2) is 18.2 Å². The van der Waals surface area contributed by atoms with Gasteiger partial charge in [-0.2, -0.15) is 5.10 Å². The highest BCUT2D eigenvalue weighted by atomic mass is 35.5. The third kappa shape index (κ3) is 2.13. The van der Waals surface area contributed by atoms with Gasteiger partial charge < -0.3 is 0 Å². The molecule has 0 radical (unpaired) electrons. The average molecular weight is 324 g/mol. The van der Waals surface area contributed by atoms with E-state index in [4.69, 9.17) is 23.2 Å². The van der Waals surface area contributed by atoms with Crippen molar-refractivity contribution in [3.63, 3.8) is 0 Å². The lowest BCUT2D eigenvalue weighted by molar-refractivity contribution is -0.114. The number of fused-ring (bicyclic) bond motifs is 1. The van der Waals surface area contributed by atoms with Crippen LogP contribution < -0.4 is 4.90 Å². The summed E-state index contributed by atoms with van der Waals surface area (Å²) in [6, 6.07) is 4.76. The second-order valence-electron chi connectivity index (χ2n) is 4.85. The minimum absolute atomic E-state index is 0.175. The number of rotatable bonds is 2. The van der Waals surface area contributed by atoms with Crippen LogP contribution in [0.2, 0.25) is 10.0 Å². The minimum Gasteiger partial charge on any atom is -0.299 e. The molecule has 7 heteroatoms. The van der Waals surface area contributed by atoms with E-state index in [0.717, 1.165) is 0 Å². The number of benzene rings is 1. The number of carbonyl (C=O) groups is 2. The number of Topliss-reactive ketones (excluding diaryl/α,β-unsaturated/α-hetero) is 1. The number of aromatic nitrogens is 2. The second kappa shape index (κ2) is 4.86. The predicted octanol–water partition coefficient (Wildman–Crippen LogP) is 2.76. The molecule has 3 rings (SSSR count). The van der Waals surface area contributed by atoms with Crippen LogP contribution in [0, 0.1) is 6.92 Å². The first-order valence-electron chi connectivity index (χ1n) is 6.24. The summed E-state index contributed by atoms with van der Waals surface area (Å²) in [6.07, 6.45) is 0. The lowest BCUT2D eigenvalue weighted by atomic mass is 10.1. The number of aryl methyl sites for hydroxylation is 2. The molecule has 1 aliphatic rings. The van der Waals surface area contributed by atoms with Gasteiger partial charge in [0.1, 0.15) is 0 Å². The Kier molecular flexibility index (Phi) is 3.26. The van der Waals surface area contributed by atoms with Gasteiger partial charge in [-0.1, -0.05) is 23.2 Å². The van der Waals surface area contributed by atoms with E-state index in [-0.39, 0.29) is 6.54 Å². The van der Waals surface area contributed by atoms with Crippen molar-refractivity contribution in [3.05, 3.63) is 45.2 Å². The van der Waals surface area contributed by atoms with Crippen molar-refractivity contribution < 1.29 is 9.59 Å². The first kappa shape index (κ1) is 14.1. The van der Waals surface area contributed by atoms with Crippen molar-refractivity contribution in [1.29, 1.82) is 0 Å². The van der Waals surface area contributed by atoms with Crippen LogP contribution in [0.25, 0.3) is 0 Å². The topological polar surface area (TPSA) is 55.2 Å². The zero-order valence-corrected chi connectivity index (χ0v) is 12.9. The summed E-state index contributed by atoms with van der Waals surface area (Å²) < 4.78 is 1.61. The van der Waals surface area contributed by atoms with Gasteiger partial charge in [-0.15, -0.1) is 0 Å². The molecule has 0 spiro atoms. The van der Waals surface area contributed by atoms with E-state index >= 15 is 0 Å². The molecule has 0 aliphatic carbocycles. The van der Waals surface area contributed by atoms with Gasteiger partial charge in [-0.25, -0.2) is 0 Å². The fourth-order valence-electron chi connectivity index (χ4n) is 2.43. The van der Waals surface area contributed by atoms with Crippen molar-refractivity contribution in [1.82, 2.24) is 9.78 Å². The SMILES string of the molecule is Cc1nn(C)c(CN2C(=O)C(=O)c3ccc(Cl)cc32)c1Cl. The van der Waals surface area contributed by atoms with Gasteiger partial charge in [0.15, 0.2) is 0 Å². The number of hydrogen-bond acceptors (Lipinski definition) is 3. The molecule has 21 heavy (non-hydrogen) atoms. The average Bonchev–Trinajstić information content (AvgIpc) is 2.81. The first-order valence-corrected chi connectivity index (χ1v) is 6.99. The third-order valence-corrected chi connectivity index (χ3v) is 4.23. The molecule has 2 aromatic rings. The number of anilines is 1. The summed E-state index contributed by atoms with van der Waals surface area (Å²) in [5, 5.41) is 5.17. The highest BCUT2D eigenvalue weighted by Crippen LogP contribution is 2.33. The van der Waals surface area contributed by atoms with E-state index in [1.54, 1.807) is 36.9 Å². The second-order valence-corrected chi connectivity index (χ2v) is 5.67. The maximum absolute atomic E-state index is 12.2. The van der Waals surface area contributed by atoms with Crippen molar-refractivity contribution >= 4 is 40.6 Å². The molecule has 0 fully saturated rings. The van der Waals surface area contributed by atoms with E-state index in [1.807, 2.05) is 0 Å². The van der Waals surface area contributed by atoms with E-state index in [1.165, 1.54) is 4.90 Å². The molecule has 1 aliphatic heterocycles. The smallest absolute Gasteiger partial charge is 0.299 e. The number of hydrogen-bond donors (Lipinski definition) is 0. The van der Waals surface area contributed by atoms with Gasteiger partial charge in [0.25, 0.3) is 11.7 Å².